The van der Waals surface area contributed by atoms with E-state index in [-0.39, 0.29) is 17.3 Å². The molecule has 4 aliphatic rings. The standard InChI is InChI=1S/2C15H14N4O.H2O/c2*1-9-6-8-17-14-12(9)18-15(20)11-3-2-7-16-13(11)19(14)10-4-5-10;/h2*2-3,6-8,10H,4-5H2,1H3,(H,18,20);1H2. The second-order valence-electron chi connectivity index (χ2n) is 10.5. The summed E-state index contributed by atoms with van der Waals surface area (Å²) in [6, 6.07) is 11.8. The molecule has 2 aliphatic carbocycles. The summed E-state index contributed by atoms with van der Waals surface area (Å²) in [5.74, 6) is 2.80. The molecule has 4 N–H and O–H groups in total. The van der Waals surface area contributed by atoms with Crippen LogP contribution in [0.1, 0.15) is 57.5 Å². The number of hydrogen-bond acceptors (Lipinski definition) is 8. The van der Waals surface area contributed by atoms with Crippen LogP contribution in [0.4, 0.5) is 34.6 Å². The van der Waals surface area contributed by atoms with Crippen molar-refractivity contribution in [2.24, 2.45) is 0 Å². The van der Waals surface area contributed by atoms with Crippen LogP contribution in [0.5, 0.6) is 0 Å². The molecule has 0 saturated heterocycles. The number of hydrogen-bond donors (Lipinski definition) is 2. The SMILES string of the molecule is Cc1ccnc2c1NC(=O)c1cccnc1N2C1CC1.Cc1ccnc2c1NC(=O)c1cccnc1N2C1CC1.O. The van der Waals surface area contributed by atoms with Crippen molar-refractivity contribution in [1.82, 2.24) is 19.9 Å². The van der Waals surface area contributed by atoms with Gasteiger partial charge >= 0.3 is 0 Å². The number of amides is 2. The molecule has 11 nitrogen and oxygen atoms in total. The molecule has 6 heterocycles. The number of aryl methyl sites for hydroxylation is 2. The third kappa shape index (κ3) is 4.63. The molecule has 2 amide bonds. The van der Waals surface area contributed by atoms with Gasteiger partial charge in [0.1, 0.15) is 11.6 Å². The van der Waals surface area contributed by atoms with Crippen LogP contribution in [0.15, 0.2) is 61.2 Å². The lowest BCUT2D eigenvalue weighted by Crippen LogP contribution is -2.22. The Bertz CT molecular complexity index is 1540. The molecule has 41 heavy (non-hydrogen) atoms. The highest BCUT2D eigenvalue weighted by molar-refractivity contribution is 6.12. The Labute approximate surface area is 237 Å². The molecule has 4 aromatic heterocycles. The van der Waals surface area contributed by atoms with Crippen LogP contribution in [0.2, 0.25) is 0 Å². The van der Waals surface area contributed by atoms with Gasteiger partial charge in [0, 0.05) is 36.9 Å². The summed E-state index contributed by atoms with van der Waals surface area (Å²) in [6.07, 6.45) is 11.5. The maximum Gasteiger partial charge on any atom is 0.259 e. The average Bonchev–Trinajstić information content (AvgIpc) is 3.86. The lowest BCUT2D eigenvalue weighted by Gasteiger charge is -2.23. The fourth-order valence-corrected chi connectivity index (χ4v) is 5.21. The maximum atomic E-state index is 12.4. The van der Waals surface area contributed by atoms with Gasteiger partial charge in [0.25, 0.3) is 11.8 Å². The molecule has 4 aromatic rings. The second-order valence-corrected chi connectivity index (χ2v) is 10.5. The van der Waals surface area contributed by atoms with Gasteiger partial charge in [-0.05, 0) is 87.1 Å². The normalized spacial score (nSPS) is 16.6. The van der Waals surface area contributed by atoms with Gasteiger partial charge in [-0.2, -0.15) is 0 Å². The highest BCUT2D eigenvalue weighted by atomic mass is 16.2. The van der Waals surface area contributed by atoms with Crippen LogP contribution in [0.3, 0.4) is 0 Å². The van der Waals surface area contributed by atoms with E-state index in [1.54, 1.807) is 36.9 Å². The van der Waals surface area contributed by atoms with E-state index in [1.807, 2.05) is 38.1 Å². The highest BCUT2D eigenvalue weighted by Crippen LogP contribution is 2.45. The number of anilines is 6. The van der Waals surface area contributed by atoms with Gasteiger partial charge in [-0.15, -0.1) is 0 Å². The molecule has 2 fully saturated rings. The van der Waals surface area contributed by atoms with Crippen molar-refractivity contribution in [2.75, 3.05) is 20.4 Å². The van der Waals surface area contributed by atoms with Crippen LogP contribution < -0.4 is 20.4 Å². The monoisotopic (exact) mass is 550 g/mol. The summed E-state index contributed by atoms with van der Waals surface area (Å²) >= 11 is 0. The summed E-state index contributed by atoms with van der Waals surface area (Å²) in [7, 11) is 0. The first-order valence-electron chi connectivity index (χ1n) is 13.5. The molecule has 11 heteroatoms. The van der Waals surface area contributed by atoms with E-state index < -0.39 is 0 Å². The van der Waals surface area contributed by atoms with Gasteiger partial charge in [-0.1, -0.05) is 0 Å². The van der Waals surface area contributed by atoms with Crippen molar-refractivity contribution in [3.8, 4) is 0 Å². The lowest BCUT2D eigenvalue weighted by atomic mass is 10.2. The van der Waals surface area contributed by atoms with Crippen LogP contribution >= 0.6 is 0 Å². The number of carbonyl (C=O) groups is 2. The maximum absolute atomic E-state index is 12.4. The second kappa shape index (κ2) is 10.3. The molecule has 0 atom stereocenters. The molecular weight excluding hydrogens is 520 g/mol. The minimum Gasteiger partial charge on any atom is -0.412 e. The summed E-state index contributed by atoms with van der Waals surface area (Å²) in [5.41, 5.74) is 4.84. The number of carbonyl (C=O) groups excluding carboxylic acids is 2. The van der Waals surface area contributed by atoms with E-state index in [1.165, 1.54) is 0 Å². The van der Waals surface area contributed by atoms with E-state index in [0.717, 1.165) is 59.8 Å². The third-order valence-electron chi connectivity index (χ3n) is 7.56. The van der Waals surface area contributed by atoms with E-state index in [0.29, 0.717) is 34.8 Å². The quantitative estimate of drug-likeness (QED) is 0.371. The van der Waals surface area contributed by atoms with Crippen molar-refractivity contribution < 1.29 is 15.1 Å². The van der Waals surface area contributed by atoms with Crippen molar-refractivity contribution in [1.29, 1.82) is 0 Å². The van der Waals surface area contributed by atoms with E-state index in [2.05, 4.69) is 40.4 Å². The van der Waals surface area contributed by atoms with Crippen molar-refractivity contribution in [3.05, 3.63) is 83.4 Å². The zero-order valence-corrected chi connectivity index (χ0v) is 22.8. The largest absolute Gasteiger partial charge is 0.412 e. The minimum atomic E-state index is -0.117. The third-order valence-corrected chi connectivity index (χ3v) is 7.56. The molecule has 0 radical (unpaired) electrons. The molecule has 2 saturated carbocycles. The van der Waals surface area contributed by atoms with Gasteiger partial charge in [0.05, 0.1) is 22.5 Å². The molecule has 2 aliphatic heterocycles. The fraction of sp³-hybridized carbons (Fsp3) is 0.267. The Morgan fingerprint density at radius 3 is 1.39 bits per heavy atom. The van der Waals surface area contributed by atoms with Crippen molar-refractivity contribution in [2.45, 2.75) is 51.6 Å². The molecule has 0 spiro atoms. The van der Waals surface area contributed by atoms with Gasteiger partial charge in [-0.25, -0.2) is 19.9 Å². The zero-order chi connectivity index (χ0) is 27.4. The Kier molecular flexibility index (Phi) is 6.58. The fourth-order valence-electron chi connectivity index (χ4n) is 5.21. The first-order valence-corrected chi connectivity index (χ1v) is 13.5. The van der Waals surface area contributed by atoms with Crippen LogP contribution in [-0.4, -0.2) is 49.3 Å². The Morgan fingerprint density at radius 1 is 0.610 bits per heavy atom. The first-order chi connectivity index (χ1) is 19.5. The molecule has 208 valence electrons. The number of nitrogens with one attached hydrogen (secondary N) is 2. The van der Waals surface area contributed by atoms with Crippen LogP contribution in [-0.2, 0) is 0 Å². The molecule has 0 unspecified atom stereocenters. The van der Waals surface area contributed by atoms with E-state index in [4.69, 9.17) is 0 Å². The smallest absolute Gasteiger partial charge is 0.259 e. The summed E-state index contributed by atoms with van der Waals surface area (Å²) in [4.78, 5) is 46.8. The van der Waals surface area contributed by atoms with Gasteiger partial charge in [0.2, 0.25) is 0 Å². The summed E-state index contributed by atoms with van der Waals surface area (Å²) in [5, 5.41) is 5.95. The number of fused-ring (bicyclic) bond motifs is 4. The van der Waals surface area contributed by atoms with E-state index in [9.17, 15) is 9.59 Å². The number of rotatable bonds is 2. The molecule has 0 aromatic carbocycles. The van der Waals surface area contributed by atoms with Crippen molar-refractivity contribution >= 4 is 46.5 Å². The topological polar surface area (TPSA) is 148 Å². The first kappa shape index (κ1) is 26.3. The Hall–Kier alpha value is -4.90. The van der Waals surface area contributed by atoms with E-state index >= 15 is 0 Å². The number of aromatic nitrogens is 4. The molecule has 8 rings (SSSR count). The summed E-state index contributed by atoms with van der Waals surface area (Å²) in [6.45, 7) is 3.96. The Morgan fingerprint density at radius 2 is 1.00 bits per heavy atom. The predicted octanol–water partition coefficient (Wildman–Crippen LogP) is 4.48. The van der Waals surface area contributed by atoms with Gasteiger partial charge < -0.3 is 25.9 Å². The van der Waals surface area contributed by atoms with Gasteiger partial charge in [0.15, 0.2) is 11.6 Å². The predicted molar refractivity (Wildman–Crippen MR) is 156 cm³/mol. The minimum absolute atomic E-state index is 0. The Balaban J connectivity index is 0.000000144. The lowest BCUT2D eigenvalue weighted by molar-refractivity contribution is 0.101. The van der Waals surface area contributed by atoms with Gasteiger partial charge in [-0.3, -0.25) is 9.59 Å². The van der Waals surface area contributed by atoms with Crippen molar-refractivity contribution in [3.63, 3.8) is 0 Å². The number of pyridine rings is 4. The molecule has 0 bridgehead atoms. The number of nitrogens with zero attached hydrogens (tertiary/aromatic N) is 6. The summed E-state index contributed by atoms with van der Waals surface area (Å²) < 4.78 is 0. The highest BCUT2D eigenvalue weighted by Gasteiger charge is 2.39. The van der Waals surface area contributed by atoms with Crippen LogP contribution in [0.25, 0.3) is 0 Å². The van der Waals surface area contributed by atoms with Crippen LogP contribution in [0, 0.1) is 13.8 Å². The molecular formula is C30H30N8O3. The average molecular weight is 551 g/mol. The zero-order valence-electron chi connectivity index (χ0n) is 22.8.